The maximum Gasteiger partial charge on any atom is 0.325 e. The summed E-state index contributed by atoms with van der Waals surface area (Å²) in [4.78, 5) is 11.3. The van der Waals surface area contributed by atoms with Gasteiger partial charge in [0, 0.05) is 0 Å². The minimum Gasteiger partial charge on any atom is -0.464 e. The van der Waals surface area contributed by atoms with Gasteiger partial charge in [0.05, 0.1) is 17.3 Å². The second-order valence-electron chi connectivity index (χ2n) is 3.91. The predicted molar refractivity (Wildman–Crippen MR) is 70.5 cm³/mol. The Kier molecular flexibility index (Phi) is 5.84. The van der Waals surface area contributed by atoms with Crippen LogP contribution in [0.5, 0.6) is 0 Å². The number of nitrogens with one attached hydrogen (secondary N) is 1. The van der Waals surface area contributed by atoms with Crippen LogP contribution in [0, 0.1) is 6.92 Å². The van der Waals surface area contributed by atoms with Crippen molar-refractivity contribution in [2.24, 2.45) is 0 Å². The molecule has 1 aromatic carbocycles. The Morgan fingerprint density at radius 2 is 2.24 bits per heavy atom. The monoisotopic (exact) mass is 255 g/mol. The SMILES string of the molecule is CCCCOC(=O)CNc1ccc(C)cc1Cl. The van der Waals surface area contributed by atoms with E-state index in [0.717, 1.165) is 24.1 Å². The Labute approximate surface area is 107 Å². The smallest absolute Gasteiger partial charge is 0.325 e. The molecule has 17 heavy (non-hydrogen) atoms. The quantitative estimate of drug-likeness (QED) is 0.625. The van der Waals surface area contributed by atoms with Crippen molar-refractivity contribution in [1.29, 1.82) is 0 Å². The lowest BCUT2D eigenvalue weighted by Gasteiger charge is -2.08. The van der Waals surface area contributed by atoms with Crippen molar-refractivity contribution in [2.75, 3.05) is 18.5 Å². The van der Waals surface area contributed by atoms with Gasteiger partial charge >= 0.3 is 5.97 Å². The van der Waals surface area contributed by atoms with Crippen LogP contribution in [0.15, 0.2) is 18.2 Å². The van der Waals surface area contributed by atoms with Gasteiger partial charge in [0.1, 0.15) is 6.54 Å². The minimum atomic E-state index is -0.255. The van der Waals surface area contributed by atoms with Crippen molar-refractivity contribution >= 4 is 23.3 Å². The third-order valence-corrected chi connectivity index (χ3v) is 2.62. The van der Waals surface area contributed by atoms with Crippen molar-refractivity contribution in [2.45, 2.75) is 26.7 Å². The lowest BCUT2D eigenvalue weighted by molar-refractivity contribution is -0.141. The standard InChI is InChI=1S/C13H18ClNO2/c1-3-4-7-17-13(16)9-15-12-6-5-10(2)8-11(12)14/h5-6,8,15H,3-4,7,9H2,1-2H3. The van der Waals surface area contributed by atoms with Gasteiger partial charge < -0.3 is 10.1 Å². The second kappa shape index (κ2) is 7.17. The highest BCUT2D eigenvalue weighted by molar-refractivity contribution is 6.33. The van der Waals surface area contributed by atoms with Crippen molar-refractivity contribution in [3.8, 4) is 0 Å². The fourth-order valence-electron chi connectivity index (χ4n) is 1.31. The van der Waals surface area contributed by atoms with Gasteiger partial charge in [0.2, 0.25) is 0 Å². The number of ether oxygens (including phenoxy) is 1. The van der Waals surface area contributed by atoms with E-state index >= 15 is 0 Å². The number of carbonyl (C=O) groups excluding carboxylic acids is 1. The lowest BCUT2D eigenvalue weighted by Crippen LogP contribution is -2.17. The van der Waals surface area contributed by atoms with E-state index in [1.165, 1.54) is 0 Å². The Morgan fingerprint density at radius 3 is 2.88 bits per heavy atom. The number of esters is 1. The van der Waals surface area contributed by atoms with Gasteiger partial charge in [-0.05, 0) is 31.0 Å². The first-order chi connectivity index (χ1) is 8.13. The lowest BCUT2D eigenvalue weighted by atomic mass is 10.2. The van der Waals surface area contributed by atoms with Crippen LogP contribution < -0.4 is 5.32 Å². The molecule has 94 valence electrons. The number of halogens is 1. The molecule has 0 aliphatic rings. The predicted octanol–water partition coefficient (Wildman–Crippen LogP) is 3.40. The average Bonchev–Trinajstić information content (AvgIpc) is 2.28. The highest BCUT2D eigenvalue weighted by Crippen LogP contribution is 2.22. The van der Waals surface area contributed by atoms with E-state index in [2.05, 4.69) is 12.2 Å². The molecule has 0 fully saturated rings. The van der Waals surface area contributed by atoms with Crippen molar-refractivity contribution in [1.82, 2.24) is 0 Å². The van der Waals surface area contributed by atoms with E-state index in [-0.39, 0.29) is 12.5 Å². The molecule has 3 nitrogen and oxygen atoms in total. The van der Waals surface area contributed by atoms with Crippen LogP contribution in [0.4, 0.5) is 5.69 Å². The van der Waals surface area contributed by atoms with E-state index in [9.17, 15) is 4.79 Å². The molecule has 1 N–H and O–H groups in total. The summed E-state index contributed by atoms with van der Waals surface area (Å²) < 4.78 is 5.02. The van der Waals surface area contributed by atoms with Crippen LogP contribution in [-0.2, 0) is 9.53 Å². The highest BCUT2D eigenvalue weighted by atomic mass is 35.5. The zero-order valence-corrected chi connectivity index (χ0v) is 11.0. The molecule has 0 amide bonds. The van der Waals surface area contributed by atoms with Crippen LogP contribution in [0.2, 0.25) is 5.02 Å². The van der Waals surface area contributed by atoms with Gasteiger partial charge in [0.25, 0.3) is 0 Å². The summed E-state index contributed by atoms with van der Waals surface area (Å²) in [5, 5.41) is 3.58. The van der Waals surface area contributed by atoms with Gasteiger partial charge in [0.15, 0.2) is 0 Å². The third-order valence-electron chi connectivity index (χ3n) is 2.31. The Morgan fingerprint density at radius 1 is 1.47 bits per heavy atom. The molecule has 0 spiro atoms. The molecule has 0 bridgehead atoms. The molecule has 0 atom stereocenters. The van der Waals surface area contributed by atoms with Crippen molar-refractivity contribution in [3.63, 3.8) is 0 Å². The van der Waals surface area contributed by atoms with Crippen LogP contribution in [0.1, 0.15) is 25.3 Å². The van der Waals surface area contributed by atoms with Gasteiger partial charge in [-0.3, -0.25) is 4.79 Å². The number of benzene rings is 1. The van der Waals surface area contributed by atoms with Gasteiger partial charge in [-0.15, -0.1) is 0 Å². The summed E-state index contributed by atoms with van der Waals surface area (Å²) in [7, 11) is 0. The summed E-state index contributed by atoms with van der Waals surface area (Å²) in [5.41, 5.74) is 1.84. The molecule has 0 heterocycles. The number of aryl methyl sites for hydroxylation is 1. The van der Waals surface area contributed by atoms with Crippen LogP contribution in [0.25, 0.3) is 0 Å². The number of anilines is 1. The molecule has 0 unspecified atom stereocenters. The molecule has 1 rings (SSSR count). The van der Waals surface area contributed by atoms with Crippen LogP contribution in [-0.4, -0.2) is 19.1 Å². The van der Waals surface area contributed by atoms with Crippen molar-refractivity contribution < 1.29 is 9.53 Å². The molecule has 4 heteroatoms. The summed E-state index contributed by atoms with van der Waals surface area (Å²) >= 11 is 6.03. The van der Waals surface area contributed by atoms with E-state index < -0.39 is 0 Å². The largest absolute Gasteiger partial charge is 0.464 e. The molecule has 0 saturated heterocycles. The summed E-state index contributed by atoms with van der Waals surface area (Å²) in [5.74, 6) is -0.255. The van der Waals surface area contributed by atoms with Gasteiger partial charge in [-0.25, -0.2) is 0 Å². The number of rotatable bonds is 6. The second-order valence-corrected chi connectivity index (χ2v) is 4.32. The van der Waals surface area contributed by atoms with E-state index in [4.69, 9.17) is 16.3 Å². The Balaban J connectivity index is 2.37. The molecule has 1 aromatic rings. The van der Waals surface area contributed by atoms with Crippen molar-refractivity contribution in [3.05, 3.63) is 28.8 Å². The molecular formula is C13H18ClNO2. The zero-order valence-electron chi connectivity index (χ0n) is 10.3. The summed E-state index contributed by atoms with van der Waals surface area (Å²) in [6, 6.07) is 5.65. The zero-order chi connectivity index (χ0) is 12.7. The molecular weight excluding hydrogens is 238 g/mol. The van der Waals surface area contributed by atoms with E-state index in [0.29, 0.717) is 11.6 Å². The number of carbonyl (C=O) groups is 1. The van der Waals surface area contributed by atoms with Crippen LogP contribution in [0.3, 0.4) is 0 Å². The first-order valence-electron chi connectivity index (χ1n) is 5.79. The normalized spacial score (nSPS) is 10.1. The van der Waals surface area contributed by atoms with E-state index in [1.807, 2.05) is 25.1 Å². The van der Waals surface area contributed by atoms with Gasteiger partial charge in [-0.2, -0.15) is 0 Å². The average molecular weight is 256 g/mol. The topological polar surface area (TPSA) is 38.3 Å². The molecule has 0 aliphatic heterocycles. The molecule has 0 radical (unpaired) electrons. The third kappa shape index (κ3) is 5.09. The van der Waals surface area contributed by atoms with E-state index in [1.54, 1.807) is 0 Å². The number of hydrogen-bond acceptors (Lipinski definition) is 3. The Hall–Kier alpha value is -1.22. The minimum absolute atomic E-state index is 0.145. The van der Waals surface area contributed by atoms with Crippen LogP contribution >= 0.6 is 11.6 Å². The summed E-state index contributed by atoms with van der Waals surface area (Å²) in [6.45, 7) is 4.65. The molecule has 0 aliphatic carbocycles. The first kappa shape index (κ1) is 13.8. The fourth-order valence-corrected chi connectivity index (χ4v) is 1.61. The molecule has 0 saturated carbocycles. The summed E-state index contributed by atoms with van der Waals surface area (Å²) in [6.07, 6.45) is 1.92. The number of hydrogen-bond donors (Lipinski definition) is 1. The fraction of sp³-hybridized carbons (Fsp3) is 0.462. The Bertz CT molecular complexity index is 380. The molecule has 0 aromatic heterocycles. The first-order valence-corrected chi connectivity index (χ1v) is 6.17. The van der Waals surface area contributed by atoms with Gasteiger partial charge in [-0.1, -0.05) is 31.0 Å². The maximum atomic E-state index is 11.3. The number of unbranched alkanes of at least 4 members (excludes halogenated alkanes) is 1. The highest BCUT2D eigenvalue weighted by Gasteiger charge is 2.04. The maximum absolute atomic E-state index is 11.3.